The van der Waals surface area contributed by atoms with E-state index in [1.165, 1.54) is 0 Å². The number of aliphatic hydroxyl groups is 1. The fourth-order valence-corrected chi connectivity index (χ4v) is 2.87. The maximum absolute atomic E-state index is 10.8. The second kappa shape index (κ2) is 5.38. The van der Waals surface area contributed by atoms with Gasteiger partial charge in [-0.05, 0) is 24.1 Å². The molecule has 0 spiro atoms. The normalized spacial score (nSPS) is 28.7. The second-order valence-corrected chi connectivity index (χ2v) is 6.11. The van der Waals surface area contributed by atoms with Crippen molar-refractivity contribution in [1.82, 2.24) is 0 Å². The third-order valence-electron chi connectivity index (χ3n) is 3.56. The zero-order chi connectivity index (χ0) is 13.3. The summed E-state index contributed by atoms with van der Waals surface area (Å²) in [6.07, 6.45) is 1.17. The lowest BCUT2D eigenvalue weighted by Crippen LogP contribution is -2.40. The molecule has 2 nitrogen and oxygen atoms in total. The quantitative estimate of drug-likeness (QED) is 0.891. The average Bonchev–Trinajstić information content (AvgIpc) is 2.32. The molecular weight excluding hydrogens is 271 g/mol. The molecule has 0 radical (unpaired) electrons. The van der Waals surface area contributed by atoms with E-state index in [2.05, 4.69) is 13.8 Å². The fraction of sp³-hybridized carbons (Fsp3) is 0.571. The largest absolute Gasteiger partial charge is 0.385 e. The van der Waals surface area contributed by atoms with Gasteiger partial charge in [0, 0.05) is 28.5 Å². The number of rotatable bonds is 2. The van der Waals surface area contributed by atoms with Gasteiger partial charge in [-0.3, -0.25) is 0 Å². The minimum absolute atomic E-state index is 0.0544. The standard InChI is InChI=1S/C14H18Cl2O2/c1-9(2)13-8-14(17,5-6-18-13)11-7-10(15)3-4-12(11)16/h3-4,7,9,13,17H,5-6,8H2,1-2H3. The van der Waals surface area contributed by atoms with Crippen LogP contribution < -0.4 is 0 Å². The lowest BCUT2D eigenvalue weighted by molar-refractivity contribution is -0.121. The summed E-state index contributed by atoms with van der Waals surface area (Å²) >= 11 is 12.2. The Hall–Kier alpha value is -0.280. The van der Waals surface area contributed by atoms with Crippen molar-refractivity contribution in [2.75, 3.05) is 6.61 Å². The van der Waals surface area contributed by atoms with Crippen molar-refractivity contribution in [3.63, 3.8) is 0 Å². The smallest absolute Gasteiger partial charge is 0.0958 e. The van der Waals surface area contributed by atoms with Crippen LogP contribution in [0.15, 0.2) is 18.2 Å². The Morgan fingerprint density at radius 1 is 1.39 bits per heavy atom. The van der Waals surface area contributed by atoms with Gasteiger partial charge in [-0.25, -0.2) is 0 Å². The van der Waals surface area contributed by atoms with Crippen LogP contribution in [-0.2, 0) is 10.3 Å². The van der Waals surface area contributed by atoms with Crippen LogP contribution in [0.2, 0.25) is 10.0 Å². The van der Waals surface area contributed by atoms with Crippen molar-refractivity contribution in [3.8, 4) is 0 Å². The molecule has 1 aliphatic heterocycles. The van der Waals surface area contributed by atoms with Crippen molar-refractivity contribution < 1.29 is 9.84 Å². The molecule has 1 aliphatic rings. The molecule has 0 amide bonds. The van der Waals surface area contributed by atoms with Crippen molar-refractivity contribution in [2.24, 2.45) is 5.92 Å². The van der Waals surface area contributed by atoms with Crippen molar-refractivity contribution in [1.29, 1.82) is 0 Å². The highest BCUT2D eigenvalue weighted by Gasteiger charge is 2.39. The number of hydrogen-bond donors (Lipinski definition) is 1. The number of halogens is 2. The third-order valence-corrected chi connectivity index (χ3v) is 4.12. The first-order valence-electron chi connectivity index (χ1n) is 6.22. The van der Waals surface area contributed by atoms with E-state index in [-0.39, 0.29) is 6.10 Å². The second-order valence-electron chi connectivity index (χ2n) is 5.26. The van der Waals surface area contributed by atoms with E-state index >= 15 is 0 Å². The Morgan fingerprint density at radius 2 is 2.11 bits per heavy atom. The van der Waals surface area contributed by atoms with E-state index in [4.69, 9.17) is 27.9 Å². The zero-order valence-corrected chi connectivity index (χ0v) is 12.1. The molecule has 2 unspecified atom stereocenters. The summed E-state index contributed by atoms with van der Waals surface area (Å²) in [6.45, 7) is 4.73. The topological polar surface area (TPSA) is 29.5 Å². The van der Waals surface area contributed by atoms with Crippen LogP contribution >= 0.6 is 23.2 Å². The number of ether oxygens (including phenoxy) is 1. The highest BCUT2D eigenvalue weighted by atomic mass is 35.5. The molecular formula is C14H18Cl2O2. The number of benzene rings is 1. The van der Waals surface area contributed by atoms with E-state index in [9.17, 15) is 5.11 Å². The van der Waals surface area contributed by atoms with Gasteiger partial charge in [-0.15, -0.1) is 0 Å². The lowest BCUT2D eigenvalue weighted by Gasteiger charge is -2.39. The van der Waals surface area contributed by atoms with Gasteiger partial charge >= 0.3 is 0 Å². The number of hydrogen-bond acceptors (Lipinski definition) is 2. The predicted molar refractivity (Wildman–Crippen MR) is 74.2 cm³/mol. The van der Waals surface area contributed by atoms with E-state index in [0.717, 1.165) is 0 Å². The van der Waals surface area contributed by atoms with Gasteiger partial charge in [0.05, 0.1) is 18.3 Å². The highest BCUT2D eigenvalue weighted by Crippen LogP contribution is 2.40. The summed E-state index contributed by atoms with van der Waals surface area (Å²) in [5, 5.41) is 12.0. The molecule has 0 bridgehead atoms. The molecule has 0 aromatic heterocycles. The van der Waals surface area contributed by atoms with Gasteiger partial charge in [-0.1, -0.05) is 37.0 Å². The molecule has 1 aromatic rings. The first kappa shape index (κ1) is 14.1. The third kappa shape index (κ3) is 2.83. The van der Waals surface area contributed by atoms with Crippen LogP contribution in [-0.4, -0.2) is 17.8 Å². The molecule has 0 aliphatic carbocycles. The average molecular weight is 289 g/mol. The summed E-state index contributed by atoms with van der Waals surface area (Å²) < 4.78 is 5.69. The van der Waals surface area contributed by atoms with Crippen molar-refractivity contribution in [3.05, 3.63) is 33.8 Å². The molecule has 1 heterocycles. The maximum atomic E-state index is 10.8. The summed E-state index contributed by atoms with van der Waals surface area (Å²) in [5.74, 6) is 0.370. The van der Waals surface area contributed by atoms with Crippen LogP contribution in [0.5, 0.6) is 0 Å². The van der Waals surface area contributed by atoms with Gasteiger partial charge in [0.25, 0.3) is 0 Å². The first-order valence-corrected chi connectivity index (χ1v) is 6.97. The zero-order valence-electron chi connectivity index (χ0n) is 10.6. The fourth-order valence-electron chi connectivity index (χ4n) is 2.40. The molecule has 1 N–H and O–H groups in total. The van der Waals surface area contributed by atoms with Crippen LogP contribution in [0.1, 0.15) is 32.3 Å². The molecule has 1 fully saturated rings. The SMILES string of the molecule is CC(C)C1CC(O)(c2cc(Cl)ccc2Cl)CCO1. The Bertz CT molecular complexity index is 434. The minimum atomic E-state index is -0.935. The Morgan fingerprint density at radius 3 is 2.78 bits per heavy atom. The predicted octanol–water partition coefficient (Wildman–Crippen LogP) is 4.02. The summed E-state index contributed by atoms with van der Waals surface area (Å²) in [5.41, 5.74) is -0.222. The van der Waals surface area contributed by atoms with Crippen molar-refractivity contribution >= 4 is 23.2 Å². The minimum Gasteiger partial charge on any atom is -0.385 e. The van der Waals surface area contributed by atoms with Gasteiger partial charge in [0.15, 0.2) is 0 Å². The highest BCUT2D eigenvalue weighted by molar-refractivity contribution is 6.33. The van der Waals surface area contributed by atoms with E-state index in [1.54, 1.807) is 18.2 Å². The molecule has 0 saturated carbocycles. The molecule has 100 valence electrons. The van der Waals surface area contributed by atoms with E-state index in [0.29, 0.717) is 41.0 Å². The summed E-state index contributed by atoms with van der Waals surface area (Å²) in [7, 11) is 0. The van der Waals surface area contributed by atoms with Crippen molar-refractivity contribution in [2.45, 2.75) is 38.4 Å². The molecule has 1 aromatic carbocycles. The Labute approximate surface area is 118 Å². The van der Waals surface area contributed by atoms with Crippen LogP contribution in [0.25, 0.3) is 0 Å². The van der Waals surface area contributed by atoms with Crippen LogP contribution in [0.3, 0.4) is 0 Å². The Kier molecular flexibility index (Phi) is 4.22. The molecule has 4 heteroatoms. The van der Waals surface area contributed by atoms with Gasteiger partial charge in [0.2, 0.25) is 0 Å². The Balaban J connectivity index is 2.32. The van der Waals surface area contributed by atoms with E-state index < -0.39 is 5.60 Å². The molecule has 2 atom stereocenters. The van der Waals surface area contributed by atoms with E-state index in [1.807, 2.05) is 0 Å². The van der Waals surface area contributed by atoms with Crippen LogP contribution in [0, 0.1) is 5.92 Å². The monoisotopic (exact) mass is 288 g/mol. The van der Waals surface area contributed by atoms with Gasteiger partial charge in [0.1, 0.15) is 0 Å². The first-order chi connectivity index (χ1) is 8.42. The van der Waals surface area contributed by atoms with Gasteiger partial charge < -0.3 is 9.84 Å². The molecule has 1 saturated heterocycles. The van der Waals surface area contributed by atoms with Crippen LogP contribution in [0.4, 0.5) is 0 Å². The maximum Gasteiger partial charge on any atom is 0.0958 e. The molecule has 2 rings (SSSR count). The summed E-state index contributed by atoms with van der Waals surface area (Å²) in [4.78, 5) is 0. The lowest BCUT2D eigenvalue weighted by atomic mass is 9.81. The molecule has 18 heavy (non-hydrogen) atoms. The summed E-state index contributed by atoms with van der Waals surface area (Å²) in [6, 6.07) is 5.22. The van der Waals surface area contributed by atoms with Gasteiger partial charge in [-0.2, -0.15) is 0 Å².